The molecule has 2 aromatic carbocycles. The fraction of sp³-hybridized carbons (Fsp3) is 0.350. The molecule has 2 nitrogen and oxygen atoms in total. The summed E-state index contributed by atoms with van der Waals surface area (Å²) in [6.45, 7) is 1.66. The molecule has 0 aromatic heterocycles. The number of benzene rings is 2. The van der Waals surface area contributed by atoms with Gasteiger partial charge >= 0.3 is 0 Å². The zero-order valence-corrected chi connectivity index (χ0v) is 12.8. The van der Waals surface area contributed by atoms with E-state index in [0.29, 0.717) is 0 Å². The summed E-state index contributed by atoms with van der Waals surface area (Å²) >= 11 is 0. The van der Waals surface area contributed by atoms with Gasteiger partial charge in [-0.05, 0) is 37.3 Å². The summed E-state index contributed by atoms with van der Waals surface area (Å²) in [4.78, 5) is 11.9. The molecule has 0 amide bonds. The molecule has 2 atom stereocenters. The number of fused-ring (bicyclic) bond motifs is 1. The lowest BCUT2D eigenvalue weighted by Gasteiger charge is -2.38. The van der Waals surface area contributed by atoms with Crippen molar-refractivity contribution in [2.75, 3.05) is 0 Å². The van der Waals surface area contributed by atoms with Gasteiger partial charge in [0.1, 0.15) is 0 Å². The van der Waals surface area contributed by atoms with Gasteiger partial charge in [0.15, 0.2) is 11.4 Å². The Labute approximate surface area is 131 Å². The predicted octanol–water partition coefficient (Wildman–Crippen LogP) is 3.88. The van der Waals surface area contributed by atoms with E-state index < -0.39 is 5.60 Å². The van der Waals surface area contributed by atoms with Gasteiger partial charge < -0.3 is 4.74 Å². The smallest absolute Gasteiger partial charge is 0.164 e. The van der Waals surface area contributed by atoms with Crippen LogP contribution in [0.15, 0.2) is 60.7 Å². The van der Waals surface area contributed by atoms with Crippen LogP contribution < -0.4 is 0 Å². The lowest BCUT2D eigenvalue weighted by Crippen LogP contribution is -2.40. The maximum Gasteiger partial charge on any atom is 0.164 e. The largest absolute Gasteiger partial charge is 0.358 e. The van der Waals surface area contributed by atoms with Crippen LogP contribution in [0.5, 0.6) is 0 Å². The summed E-state index contributed by atoms with van der Waals surface area (Å²) in [5.74, 6) is 0.187. The second kappa shape index (κ2) is 4.79. The summed E-state index contributed by atoms with van der Waals surface area (Å²) in [5.41, 5.74) is 2.14. The molecule has 0 radical (unpaired) electrons. The molecular formula is C20H20O2. The highest BCUT2D eigenvalue weighted by molar-refractivity contribution is 5.88. The first-order valence-electron chi connectivity index (χ1n) is 7.97. The third kappa shape index (κ3) is 1.87. The van der Waals surface area contributed by atoms with Crippen LogP contribution in [0.25, 0.3) is 0 Å². The molecule has 1 aliphatic heterocycles. The fourth-order valence-corrected chi connectivity index (χ4v) is 4.16. The molecule has 2 fully saturated rings. The zero-order chi connectivity index (χ0) is 15.2. The lowest BCUT2D eigenvalue weighted by atomic mass is 9.62. The van der Waals surface area contributed by atoms with Crippen LogP contribution in [-0.2, 0) is 14.9 Å². The topological polar surface area (TPSA) is 29.6 Å². The molecule has 2 heteroatoms. The van der Waals surface area contributed by atoms with Crippen LogP contribution in [-0.4, -0.2) is 17.5 Å². The van der Waals surface area contributed by atoms with Crippen molar-refractivity contribution in [1.29, 1.82) is 0 Å². The van der Waals surface area contributed by atoms with E-state index in [-0.39, 0.29) is 17.3 Å². The van der Waals surface area contributed by atoms with Crippen LogP contribution in [0.2, 0.25) is 0 Å². The number of Topliss-reactive ketones (excluding diaryl/α,β-unsaturated/α-hetero) is 1. The van der Waals surface area contributed by atoms with Crippen molar-refractivity contribution in [3.8, 4) is 0 Å². The minimum absolute atomic E-state index is 0.0391. The van der Waals surface area contributed by atoms with Gasteiger partial charge in [-0.1, -0.05) is 60.7 Å². The van der Waals surface area contributed by atoms with Gasteiger partial charge in [-0.25, -0.2) is 0 Å². The van der Waals surface area contributed by atoms with E-state index in [0.717, 1.165) is 19.3 Å². The van der Waals surface area contributed by atoms with E-state index in [2.05, 4.69) is 60.7 Å². The van der Waals surface area contributed by atoms with E-state index >= 15 is 0 Å². The molecule has 0 spiro atoms. The van der Waals surface area contributed by atoms with Gasteiger partial charge in [-0.3, -0.25) is 4.79 Å². The Hall–Kier alpha value is -1.93. The molecule has 2 unspecified atom stereocenters. The Balaban J connectivity index is 1.78. The van der Waals surface area contributed by atoms with Gasteiger partial charge in [-0.15, -0.1) is 0 Å². The number of ether oxygens (including phenoxy) is 1. The second-order valence-electron chi connectivity index (χ2n) is 6.57. The fourth-order valence-electron chi connectivity index (χ4n) is 4.16. The van der Waals surface area contributed by atoms with Crippen LogP contribution in [0.1, 0.15) is 37.3 Å². The van der Waals surface area contributed by atoms with Crippen molar-refractivity contribution >= 4 is 5.78 Å². The van der Waals surface area contributed by atoms with Crippen LogP contribution in [0, 0.1) is 0 Å². The van der Waals surface area contributed by atoms with Gasteiger partial charge in [0.2, 0.25) is 0 Å². The van der Waals surface area contributed by atoms with Crippen LogP contribution in [0.4, 0.5) is 0 Å². The molecule has 2 aliphatic rings. The summed E-state index contributed by atoms with van der Waals surface area (Å²) in [5, 5.41) is 0. The SMILES string of the molecule is CC(=O)C12CCC(c3ccccc3)(c3ccccc3)CC1O2. The predicted molar refractivity (Wildman–Crippen MR) is 85.8 cm³/mol. The molecule has 0 N–H and O–H groups in total. The summed E-state index contributed by atoms with van der Waals surface area (Å²) in [7, 11) is 0. The third-order valence-electron chi connectivity index (χ3n) is 5.52. The molecule has 4 rings (SSSR count). The van der Waals surface area contributed by atoms with Crippen molar-refractivity contribution in [2.24, 2.45) is 0 Å². The normalized spacial score (nSPS) is 28.7. The Bertz CT molecular complexity index is 653. The first kappa shape index (κ1) is 13.7. The first-order chi connectivity index (χ1) is 10.7. The van der Waals surface area contributed by atoms with Crippen molar-refractivity contribution in [3.05, 3.63) is 71.8 Å². The zero-order valence-electron chi connectivity index (χ0n) is 12.8. The highest BCUT2D eigenvalue weighted by atomic mass is 16.6. The van der Waals surface area contributed by atoms with Crippen molar-refractivity contribution < 1.29 is 9.53 Å². The number of hydrogen-bond donors (Lipinski definition) is 0. The molecular weight excluding hydrogens is 272 g/mol. The number of hydrogen-bond acceptors (Lipinski definition) is 2. The molecule has 0 bridgehead atoms. The minimum Gasteiger partial charge on any atom is -0.358 e. The number of carbonyl (C=O) groups is 1. The summed E-state index contributed by atoms with van der Waals surface area (Å²) < 4.78 is 5.88. The summed E-state index contributed by atoms with van der Waals surface area (Å²) in [6.07, 6.45) is 2.73. The summed E-state index contributed by atoms with van der Waals surface area (Å²) in [6, 6.07) is 21.3. The third-order valence-corrected chi connectivity index (χ3v) is 5.52. The Kier molecular flexibility index (Phi) is 2.98. The average Bonchev–Trinajstić information content (AvgIpc) is 3.31. The van der Waals surface area contributed by atoms with E-state index in [1.165, 1.54) is 11.1 Å². The number of ketones is 1. The van der Waals surface area contributed by atoms with Gasteiger partial charge in [0.05, 0.1) is 6.10 Å². The van der Waals surface area contributed by atoms with Crippen molar-refractivity contribution in [1.82, 2.24) is 0 Å². The van der Waals surface area contributed by atoms with Gasteiger partial charge in [-0.2, -0.15) is 0 Å². The highest BCUT2D eigenvalue weighted by Gasteiger charge is 2.65. The average molecular weight is 292 g/mol. The van der Waals surface area contributed by atoms with Gasteiger partial charge in [0.25, 0.3) is 0 Å². The van der Waals surface area contributed by atoms with Crippen molar-refractivity contribution in [2.45, 2.75) is 43.3 Å². The highest BCUT2D eigenvalue weighted by Crippen LogP contribution is 2.57. The van der Waals surface area contributed by atoms with Gasteiger partial charge in [0, 0.05) is 5.41 Å². The number of epoxide rings is 1. The monoisotopic (exact) mass is 292 g/mol. The number of rotatable bonds is 3. The van der Waals surface area contributed by atoms with Crippen molar-refractivity contribution in [3.63, 3.8) is 0 Å². The Morgan fingerprint density at radius 3 is 1.95 bits per heavy atom. The number of carbonyl (C=O) groups excluding carboxylic acids is 1. The molecule has 1 heterocycles. The molecule has 1 aliphatic carbocycles. The van der Waals surface area contributed by atoms with Crippen LogP contribution >= 0.6 is 0 Å². The van der Waals surface area contributed by atoms with E-state index in [1.54, 1.807) is 6.92 Å². The van der Waals surface area contributed by atoms with Crippen LogP contribution in [0.3, 0.4) is 0 Å². The standard InChI is InChI=1S/C20H20O2/c1-15(21)20-13-12-19(14-18(20)22-20,16-8-4-2-5-9-16)17-10-6-3-7-11-17/h2-11,18H,12-14H2,1H3. The first-order valence-corrected chi connectivity index (χ1v) is 7.97. The quantitative estimate of drug-likeness (QED) is 0.803. The van der Waals surface area contributed by atoms with E-state index in [4.69, 9.17) is 4.74 Å². The minimum atomic E-state index is -0.479. The molecule has 1 saturated heterocycles. The second-order valence-corrected chi connectivity index (χ2v) is 6.57. The molecule has 2 aromatic rings. The van der Waals surface area contributed by atoms with E-state index in [1.807, 2.05) is 0 Å². The maximum atomic E-state index is 11.9. The Morgan fingerprint density at radius 1 is 0.955 bits per heavy atom. The lowest BCUT2D eigenvalue weighted by molar-refractivity contribution is -0.122. The molecule has 1 saturated carbocycles. The molecule has 22 heavy (non-hydrogen) atoms. The maximum absolute atomic E-state index is 11.9. The molecule has 112 valence electrons. The van der Waals surface area contributed by atoms with E-state index in [9.17, 15) is 4.79 Å². The Morgan fingerprint density at radius 2 is 1.50 bits per heavy atom.